The Kier molecular flexibility index (Phi) is 2.34. The topological polar surface area (TPSA) is 47.7 Å². The van der Waals surface area contributed by atoms with Crippen molar-refractivity contribution in [3.8, 4) is 17.1 Å². The van der Waals surface area contributed by atoms with Crippen molar-refractivity contribution in [2.75, 3.05) is 0 Å². The summed E-state index contributed by atoms with van der Waals surface area (Å²) in [7, 11) is 0. The lowest BCUT2D eigenvalue weighted by atomic mass is 10.2. The Morgan fingerprint density at radius 2 is 1.92 bits per heavy atom. The number of pyridine rings is 2. The number of nitrogens with zero attached hydrogens (tertiary/aromatic N) is 4. The van der Waals surface area contributed by atoms with Crippen LogP contribution in [0.3, 0.4) is 0 Å². The molecule has 0 fully saturated rings. The number of hydrogen-bond acceptors (Lipinski definition) is 3. The highest BCUT2D eigenvalue weighted by Crippen LogP contribution is 2.36. The molecule has 118 valence electrons. The van der Waals surface area contributed by atoms with Gasteiger partial charge in [0, 0.05) is 24.2 Å². The molecule has 0 radical (unpaired) electrons. The van der Waals surface area contributed by atoms with Crippen molar-refractivity contribution in [2.24, 2.45) is 0 Å². The summed E-state index contributed by atoms with van der Waals surface area (Å²) in [5.74, 6) is 0.887. The molecule has 0 spiro atoms. The fourth-order valence-corrected chi connectivity index (χ4v) is 3.77. The van der Waals surface area contributed by atoms with Crippen LogP contribution in [0.15, 0.2) is 71.5 Å². The SMILES string of the molecule is c1ccc(-n2c3ncccc3c3oc4[n+](c32)Cc2cnccc2-4)cc1. The van der Waals surface area contributed by atoms with E-state index in [0.29, 0.717) is 0 Å². The Hall–Kier alpha value is -3.47. The van der Waals surface area contributed by atoms with Crippen LogP contribution in [0, 0.1) is 0 Å². The fraction of sp³-hybridized carbons (Fsp3) is 0.0500. The first-order valence-corrected chi connectivity index (χ1v) is 8.22. The molecule has 4 aromatic heterocycles. The van der Waals surface area contributed by atoms with Gasteiger partial charge in [0.05, 0.1) is 10.9 Å². The van der Waals surface area contributed by atoms with E-state index in [4.69, 9.17) is 4.42 Å². The molecule has 25 heavy (non-hydrogen) atoms. The molecule has 5 aromatic rings. The van der Waals surface area contributed by atoms with Crippen LogP contribution in [0.4, 0.5) is 0 Å². The minimum atomic E-state index is 0.759. The number of para-hydroxylation sites is 1. The maximum Gasteiger partial charge on any atom is 0.336 e. The third kappa shape index (κ3) is 1.59. The maximum absolute atomic E-state index is 6.33. The van der Waals surface area contributed by atoms with Crippen LogP contribution < -0.4 is 4.57 Å². The molecule has 0 bridgehead atoms. The van der Waals surface area contributed by atoms with Crippen LogP contribution in [0.5, 0.6) is 0 Å². The van der Waals surface area contributed by atoms with Gasteiger partial charge in [-0.3, -0.25) is 4.98 Å². The van der Waals surface area contributed by atoms with Crippen molar-refractivity contribution in [3.63, 3.8) is 0 Å². The zero-order chi connectivity index (χ0) is 16.4. The molecule has 5 heteroatoms. The van der Waals surface area contributed by atoms with E-state index in [9.17, 15) is 0 Å². The second-order valence-corrected chi connectivity index (χ2v) is 6.22. The highest BCUT2D eigenvalue weighted by molar-refractivity contribution is 6.02. The lowest BCUT2D eigenvalue weighted by molar-refractivity contribution is -0.651. The Bertz CT molecular complexity index is 1270. The highest BCUT2D eigenvalue weighted by atomic mass is 16.4. The van der Waals surface area contributed by atoms with Crippen molar-refractivity contribution in [2.45, 2.75) is 6.54 Å². The molecule has 5 heterocycles. The maximum atomic E-state index is 6.33. The van der Waals surface area contributed by atoms with Crippen LogP contribution in [0.25, 0.3) is 39.4 Å². The van der Waals surface area contributed by atoms with Gasteiger partial charge in [-0.1, -0.05) is 18.2 Å². The average Bonchev–Trinajstić information content (AvgIpc) is 3.30. The van der Waals surface area contributed by atoms with Crippen LogP contribution in [0.1, 0.15) is 5.56 Å². The first-order valence-electron chi connectivity index (χ1n) is 8.22. The Morgan fingerprint density at radius 1 is 1.00 bits per heavy atom. The van der Waals surface area contributed by atoms with Gasteiger partial charge in [-0.25, -0.2) is 4.98 Å². The van der Waals surface area contributed by atoms with Crippen molar-refractivity contribution in [1.82, 2.24) is 14.5 Å². The molecular weight excluding hydrogens is 312 g/mol. The lowest BCUT2D eigenvalue weighted by Crippen LogP contribution is -2.32. The first kappa shape index (κ1) is 12.9. The molecule has 1 aromatic carbocycles. The summed E-state index contributed by atoms with van der Waals surface area (Å²) in [6, 6.07) is 16.3. The smallest absolute Gasteiger partial charge is 0.336 e. The lowest BCUT2D eigenvalue weighted by Gasteiger charge is -1.99. The summed E-state index contributed by atoms with van der Waals surface area (Å²) in [6.45, 7) is 0.759. The van der Waals surface area contributed by atoms with Gasteiger partial charge >= 0.3 is 5.65 Å². The second-order valence-electron chi connectivity index (χ2n) is 6.22. The number of oxazole rings is 1. The number of hydrogen-bond donors (Lipinski definition) is 0. The van der Waals surface area contributed by atoms with Gasteiger partial charge < -0.3 is 4.42 Å². The monoisotopic (exact) mass is 325 g/mol. The molecule has 0 amide bonds. The van der Waals surface area contributed by atoms with Crippen LogP contribution in [0.2, 0.25) is 0 Å². The summed E-state index contributed by atoms with van der Waals surface area (Å²) < 4.78 is 10.7. The van der Waals surface area contributed by atoms with Crippen LogP contribution in [-0.2, 0) is 6.54 Å². The standard InChI is InChI=1S/C20H13N4O/c1-2-5-14(6-3-1)24-18-16(7-4-9-22-18)17-19(24)23-12-13-11-21-10-8-15(13)20(23)25-17/h1-11H,12H2/q+1. The van der Waals surface area contributed by atoms with E-state index in [1.807, 2.05) is 48.9 Å². The fourth-order valence-electron chi connectivity index (χ4n) is 3.77. The molecule has 0 atom stereocenters. The van der Waals surface area contributed by atoms with E-state index in [0.717, 1.165) is 45.9 Å². The van der Waals surface area contributed by atoms with Crippen molar-refractivity contribution in [3.05, 3.63) is 72.7 Å². The van der Waals surface area contributed by atoms with Crippen molar-refractivity contribution < 1.29 is 8.98 Å². The quantitative estimate of drug-likeness (QED) is 0.435. The minimum Gasteiger partial charge on any atom is -0.413 e. The Labute approximate surface area is 142 Å². The summed E-state index contributed by atoms with van der Waals surface area (Å²) in [5.41, 5.74) is 6.19. The zero-order valence-corrected chi connectivity index (χ0v) is 13.3. The molecule has 0 saturated heterocycles. The van der Waals surface area contributed by atoms with Gasteiger partial charge in [0.15, 0.2) is 0 Å². The largest absolute Gasteiger partial charge is 0.413 e. The third-order valence-corrected chi connectivity index (χ3v) is 4.83. The van der Waals surface area contributed by atoms with Gasteiger partial charge in [0.2, 0.25) is 11.2 Å². The molecule has 5 nitrogen and oxygen atoms in total. The summed E-state index contributed by atoms with van der Waals surface area (Å²) in [6.07, 6.45) is 5.55. The summed E-state index contributed by atoms with van der Waals surface area (Å²) in [4.78, 5) is 8.87. The predicted octanol–water partition coefficient (Wildman–Crippen LogP) is 3.48. The molecule has 0 unspecified atom stereocenters. The van der Waals surface area contributed by atoms with E-state index in [2.05, 4.69) is 37.3 Å². The van der Waals surface area contributed by atoms with Crippen molar-refractivity contribution in [1.29, 1.82) is 0 Å². The van der Waals surface area contributed by atoms with Gasteiger partial charge in [-0.05, 0) is 30.3 Å². The number of aromatic nitrogens is 4. The third-order valence-electron chi connectivity index (χ3n) is 4.83. The van der Waals surface area contributed by atoms with E-state index in [-0.39, 0.29) is 0 Å². The zero-order valence-electron chi connectivity index (χ0n) is 13.3. The van der Waals surface area contributed by atoms with Crippen LogP contribution in [-0.4, -0.2) is 14.5 Å². The summed E-state index contributed by atoms with van der Waals surface area (Å²) >= 11 is 0. The van der Waals surface area contributed by atoms with Crippen LogP contribution >= 0.6 is 0 Å². The van der Waals surface area contributed by atoms with Gasteiger partial charge in [-0.15, -0.1) is 0 Å². The average molecular weight is 325 g/mol. The molecule has 0 saturated carbocycles. The molecular formula is C20H13N4O+. The number of fused-ring (bicyclic) bond motifs is 7. The van der Waals surface area contributed by atoms with E-state index in [1.165, 1.54) is 5.56 Å². The number of benzene rings is 1. The minimum absolute atomic E-state index is 0.759. The molecule has 6 rings (SSSR count). The van der Waals surface area contributed by atoms with Crippen molar-refractivity contribution >= 4 is 22.3 Å². The van der Waals surface area contributed by atoms with Gasteiger partial charge in [0.25, 0.3) is 5.89 Å². The van der Waals surface area contributed by atoms with Gasteiger partial charge in [-0.2, -0.15) is 9.13 Å². The normalized spacial score (nSPS) is 12.6. The van der Waals surface area contributed by atoms with E-state index < -0.39 is 0 Å². The van der Waals surface area contributed by atoms with E-state index in [1.54, 1.807) is 0 Å². The second kappa shape index (κ2) is 4.54. The van der Waals surface area contributed by atoms with Gasteiger partial charge in [0.1, 0.15) is 12.2 Å². The molecule has 1 aliphatic rings. The molecule has 1 aliphatic heterocycles. The molecule has 0 N–H and O–H groups in total. The first-order chi connectivity index (χ1) is 12.4. The molecule has 0 aliphatic carbocycles. The predicted molar refractivity (Wildman–Crippen MR) is 93.4 cm³/mol. The number of rotatable bonds is 1. The van der Waals surface area contributed by atoms with E-state index >= 15 is 0 Å². The Morgan fingerprint density at radius 3 is 2.84 bits per heavy atom. The Balaban J connectivity index is 1.79. The summed E-state index contributed by atoms with van der Waals surface area (Å²) in [5, 5.41) is 1.03. The highest BCUT2D eigenvalue weighted by Gasteiger charge is 2.36.